The Balaban J connectivity index is 2.13. The van der Waals surface area contributed by atoms with Gasteiger partial charge in [-0.25, -0.2) is 0 Å². The molecule has 0 spiro atoms. The van der Waals surface area contributed by atoms with E-state index in [0.29, 0.717) is 12.6 Å². The zero-order valence-electron chi connectivity index (χ0n) is 11.8. The molecule has 0 saturated carbocycles. The van der Waals surface area contributed by atoms with Gasteiger partial charge in [0.05, 0.1) is 12.6 Å². The fourth-order valence-electron chi connectivity index (χ4n) is 2.26. The smallest absolute Gasteiger partial charge is 0.217 e. The summed E-state index contributed by atoms with van der Waals surface area (Å²) in [6.07, 6.45) is 0.830. The number of hydrogen-bond acceptors (Lipinski definition) is 3. The summed E-state index contributed by atoms with van der Waals surface area (Å²) in [6, 6.07) is 6.76. The SMILES string of the molecule is CC(=O)N[C@@H]1CCOc2cc(CNC(C)C)ccc21. The third kappa shape index (κ3) is 3.70. The second-order valence-electron chi connectivity index (χ2n) is 5.30. The molecule has 1 atom stereocenters. The fraction of sp³-hybridized carbons (Fsp3) is 0.533. The highest BCUT2D eigenvalue weighted by molar-refractivity contribution is 5.73. The van der Waals surface area contributed by atoms with E-state index in [4.69, 9.17) is 4.74 Å². The molecule has 0 fully saturated rings. The van der Waals surface area contributed by atoms with Gasteiger partial charge in [-0.05, 0) is 11.6 Å². The van der Waals surface area contributed by atoms with Crippen molar-refractivity contribution in [3.8, 4) is 5.75 Å². The van der Waals surface area contributed by atoms with E-state index in [0.717, 1.165) is 24.3 Å². The molecule has 0 radical (unpaired) electrons. The van der Waals surface area contributed by atoms with E-state index in [2.05, 4.69) is 42.7 Å². The van der Waals surface area contributed by atoms with Crippen LogP contribution in [-0.4, -0.2) is 18.6 Å². The molecule has 0 unspecified atom stereocenters. The highest BCUT2D eigenvalue weighted by Gasteiger charge is 2.22. The summed E-state index contributed by atoms with van der Waals surface area (Å²) in [5, 5.41) is 6.36. The van der Waals surface area contributed by atoms with Crippen molar-refractivity contribution >= 4 is 5.91 Å². The molecule has 2 rings (SSSR count). The van der Waals surface area contributed by atoms with E-state index < -0.39 is 0 Å². The lowest BCUT2D eigenvalue weighted by Gasteiger charge is -2.27. The first-order chi connectivity index (χ1) is 9.06. The molecule has 0 aromatic heterocycles. The van der Waals surface area contributed by atoms with Gasteiger partial charge in [-0.3, -0.25) is 4.79 Å². The van der Waals surface area contributed by atoms with Gasteiger partial charge < -0.3 is 15.4 Å². The molecule has 19 heavy (non-hydrogen) atoms. The minimum atomic E-state index is 0.00315. The predicted molar refractivity (Wildman–Crippen MR) is 75.1 cm³/mol. The maximum atomic E-state index is 11.2. The quantitative estimate of drug-likeness (QED) is 0.874. The summed E-state index contributed by atoms with van der Waals surface area (Å²) >= 11 is 0. The summed E-state index contributed by atoms with van der Waals surface area (Å²) in [5.74, 6) is 0.899. The minimum Gasteiger partial charge on any atom is -0.493 e. The minimum absolute atomic E-state index is 0.00315. The number of carbonyl (C=O) groups is 1. The van der Waals surface area contributed by atoms with E-state index in [1.807, 2.05) is 0 Å². The molecule has 2 N–H and O–H groups in total. The van der Waals surface area contributed by atoms with Crippen LogP contribution in [0.2, 0.25) is 0 Å². The van der Waals surface area contributed by atoms with Crippen LogP contribution in [0.25, 0.3) is 0 Å². The third-order valence-corrected chi connectivity index (χ3v) is 3.21. The number of benzene rings is 1. The number of fused-ring (bicyclic) bond motifs is 1. The first kappa shape index (κ1) is 13.9. The summed E-state index contributed by atoms with van der Waals surface area (Å²) in [4.78, 5) is 11.2. The maximum absolute atomic E-state index is 11.2. The van der Waals surface area contributed by atoms with Gasteiger partial charge in [-0.2, -0.15) is 0 Å². The van der Waals surface area contributed by atoms with Crippen LogP contribution in [0.1, 0.15) is 44.4 Å². The van der Waals surface area contributed by atoms with Crippen LogP contribution in [0.4, 0.5) is 0 Å². The van der Waals surface area contributed by atoms with Gasteiger partial charge in [0.2, 0.25) is 5.91 Å². The normalized spacial score (nSPS) is 17.8. The number of rotatable bonds is 4. The molecule has 104 valence electrons. The van der Waals surface area contributed by atoms with Crippen LogP contribution in [0, 0.1) is 0 Å². The van der Waals surface area contributed by atoms with Gasteiger partial charge in [0.25, 0.3) is 0 Å². The van der Waals surface area contributed by atoms with Crippen LogP contribution in [0.15, 0.2) is 18.2 Å². The molecule has 0 aliphatic carbocycles. The van der Waals surface area contributed by atoms with Crippen molar-refractivity contribution in [3.05, 3.63) is 29.3 Å². The second-order valence-corrected chi connectivity index (χ2v) is 5.30. The monoisotopic (exact) mass is 262 g/mol. The maximum Gasteiger partial charge on any atom is 0.217 e. The zero-order chi connectivity index (χ0) is 13.8. The molecule has 4 nitrogen and oxygen atoms in total. The van der Waals surface area contributed by atoms with Gasteiger partial charge in [0.15, 0.2) is 0 Å². The molecule has 1 heterocycles. The Hall–Kier alpha value is -1.55. The Morgan fingerprint density at radius 1 is 1.47 bits per heavy atom. The number of hydrogen-bond donors (Lipinski definition) is 2. The topological polar surface area (TPSA) is 50.4 Å². The molecule has 1 amide bonds. The Bertz CT molecular complexity index is 457. The molecule has 4 heteroatoms. The lowest BCUT2D eigenvalue weighted by Crippen LogP contribution is -2.30. The van der Waals surface area contributed by atoms with Crippen LogP contribution in [-0.2, 0) is 11.3 Å². The van der Waals surface area contributed by atoms with Gasteiger partial charge >= 0.3 is 0 Å². The van der Waals surface area contributed by atoms with Crippen molar-refractivity contribution in [2.45, 2.75) is 45.8 Å². The highest BCUT2D eigenvalue weighted by atomic mass is 16.5. The average Bonchev–Trinajstić information content (AvgIpc) is 2.35. The molecule has 0 saturated heterocycles. The van der Waals surface area contributed by atoms with E-state index in [1.165, 1.54) is 5.56 Å². The molecule has 1 aromatic carbocycles. The third-order valence-electron chi connectivity index (χ3n) is 3.21. The Kier molecular flexibility index (Phi) is 4.43. The molecule has 0 bridgehead atoms. The first-order valence-corrected chi connectivity index (χ1v) is 6.82. The average molecular weight is 262 g/mol. The molecule has 1 aliphatic rings. The van der Waals surface area contributed by atoms with E-state index in [9.17, 15) is 4.79 Å². The van der Waals surface area contributed by atoms with Gasteiger partial charge in [0, 0.05) is 31.5 Å². The second kappa shape index (κ2) is 6.06. The van der Waals surface area contributed by atoms with Crippen molar-refractivity contribution in [3.63, 3.8) is 0 Å². The van der Waals surface area contributed by atoms with Crippen molar-refractivity contribution < 1.29 is 9.53 Å². The highest BCUT2D eigenvalue weighted by Crippen LogP contribution is 2.32. The lowest BCUT2D eigenvalue weighted by molar-refractivity contribution is -0.119. The van der Waals surface area contributed by atoms with Gasteiger partial charge in [-0.1, -0.05) is 26.0 Å². The first-order valence-electron chi connectivity index (χ1n) is 6.82. The molecule has 1 aliphatic heterocycles. The number of ether oxygens (including phenoxy) is 1. The largest absolute Gasteiger partial charge is 0.493 e. The molecule has 1 aromatic rings. The summed E-state index contributed by atoms with van der Waals surface area (Å²) in [5.41, 5.74) is 2.28. The predicted octanol–water partition coefficient (Wildman–Crippen LogP) is 2.14. The number of amides is 1. The summed E-state index contributed by atoms with van der Waals surface area (Å²) in [6.45, 7) is 7.29. The number of nitrogens with one attached hydrogen (secondary N) is 2. The van der Waals surface area contributed by atoms with E-state index >= 15 is 0 Å². The van der Waals surface area contributed by atoms with Crippen LogP contribution in [0.5, 0.6) is 5.75 Å². The summed E-state index contributed by atoms with van der Waals surface area (Å²) < 4.78 is 5.70. The molecular weight excluding hydrogens is 240 g/mol. The van der Waals surface area contributed by atoms with Gasteiger partial charge in [-0.15, -0.1) is 0 Å². The fourth-order valence-corrected chi connectivity index (χ4v) is 2.26. The van der Waals surface area contributed by atoms with E-state index in [-0.39, 0.29) is 11.9 Å². The van der Waals surface area contributed by atoms with Crippen LogP contribution < -0.4 is 15.4 Å². The van der Waals surface area contributed by atoms with E-state index in [1.54, 1.807) is 6.92 Å². The van der Waals surface area contributed by atoms with Crippen LogP contribution in [0.3, 0.4) is 0 Å². The van der Waals surface area contributed by atoms with Gasteiger partial charge in [0.1, 0.15) is 5.75 Å². The standard InChI is InChI=1S/C15H22N2O2/c1-10(2)16-9-12-4-5-13-14(17-11(3)18)6-7-19-15(13)8-12/h4-5,8,10,14,16H,6-7,9H2,1-3H3,(H,17,18)/t14-/m1/s1. The Morgan fingerprint density at radius 3 is 2.95 bits per heavy atom. The number of carbonyl (C=O) groups excluding carboxylic acids is 1. The van der Waals surface area contributed by atoms with Crippen molar-refractivity contribution in [1.82, 2.24) is 10.6 Å². The van der Waals surface area contributed by atoms with Crippen molar-refractivity contribution in [2.75, 3.05) is 6.61 Å². The zero-order valence-corrected chi connectivity index (χ0v) is 11.8. The van der Waals surface area contributed by atoms with Crippen molar-refractivity contribution in [1.29, 1.82) is 0 Å². The van der Waals surface area contributed by atoms with Crippen LogP contribution >= 0.6 is 0 Å². The summed E-state index contributed by atoms with van der Waals surface area (Å²) in [7, 11) is 0. The van der Waals surface area contributed by atoms with Crippen molar-refractivity contribution in [2.24, 2.45) is 0 Å². The molecular formula is C15H22N2O2. The Morgan fingerprint density at radius 2 is 2.26 bits per heavy atom. The lowest BCUT2D eigenvalue weighted by atomic mass is 9.98. The Labute approximate surface area is 114 Å².